The topological polar surface area (TPSA) is 95.9 Å². The van der Waals surface area contributed by atoms with Crippen molar-refractivity contribution in [2.24, 2.45) is 0 Å². The van der Waals surface area contributed by atoms with Crippen molar-refractivity contribution in [3.8, 4) is 0 Å². The molecule has 0 fully saturated rings. The van der Waals surface area contributed by atoms with Gasteiger partial charge in [0, 0.05) is 12.8 Å². The Morgan fingerprint density at radius 3 is 0.824 bits per heavy atom. The van der Waals surface area contributed by atoms with Gasteiger partial charge in [-0.25, -0.2) is 0 Å². The van der Waals surface area contributed by atoms with Gasteiger partial charge in [0.05, 0.1) is 25.4 Å². The molecule has 0 aromatic heterocycles. The van der Waals surface area contributed by atoms with Crippen LogP contribution in [0.5, 0.6) is 0 Å². The summed E-state index contributed by atoms with van der Waals surface area (Å²) in [6.07, 6.45) is 77.3. The number of hydrogen-bond donors (Lipinski definition) is 3. The van der Waals surface area contributed by atoms with Gasteiger partial charge >= 0.3 is 5.97 Å². The lowest BCUT2D eigenvalue weighted by atomic mass is 10.0. The average molecular weight is 1050 g/mol. The van der Waals surface area contributed by atoms with E-state index in [1.54, 1.807) is 0 Å². The molecule has 0 heterocycles. The summed E-state index contributed by atoms with van der Waals surface area (Å²) in [6, 6.07) is -0.536. The van der Waals surface area contributed by atoms with E-state index in [9.17, 15) is 19.8 Å². The highest BCUT2D eigenvalue weighted by molar-refractivity contribution is 5.76. The maximum Gasteiger partial charge on any atom is 0.305 e. The Bertz CT molecular complexity index is 1070. The van der Waals surface area contributed by atoms with E-state index in [1.165, 1.54) is 327 Å². The third kappa shape index (κ3) is 60.1. The fraction of sp³-hybridized carbons (Fsp3) is 0.971. The van der Waals surface area contributed by atoms with Crippen LogP contribution in [0.25, 0.3) is 0 Å². The first-order valence-electron chi connectivity index (χ1n) is 34.3. The highest BCUT2D eigenvalue weighted by Gasteiger charge is 2.20. The van der Waals surface area contributed by atoms with Gasteiger partial charge in [0.25, 0.3) is 0 Å². The van der Waals surface area contributed by atoms with E-state index in [4.69, 9.17) is 4.74 Å². The second kappa shape index (κ2) is 64.4. The molecule has 2 atom stereocenters. The van der Waals surface area contributed by atoms with Crippen LogP contribution < -0.4 is 5.32 Å². The number of amides is 1. The molecule has 442 valence electrons. The number of hydrogen-bond acceptors (Lipinski definition) is 5. The van der Waals surface area contributed by atoms with Gasteiger partial charge in [0.1, 0.15) is 0 Å². The van der Waals surface area contributed by atoms with Gasteiger partial charge < -0.3 is 20.3 Å². The van der Waals surface area contributed by atoms with Crippen molar-refractivity contribution >= 4 is 11.9 Å². The van der Waals surface area contributed by atoms with Gasteiger partial charge in [0.2, 0.25) is 5.91 Å². The zero-order valence-electron chi connectivity index (χ0n) is 50.6. The Hall–Kier alpha value is -1.14. The van der Waals surface area contributed by atoms with Crippen LogP contribution in [-0.4, -0.2) is 47.4 Å². The molecule has 0 aromatic carbocycles. The predicted molar refractivity (Wildman–Crippen MR) is 324 cm³/mol. The van der Waals surface area contributed by atoms with Crippen LogP contribution in [0.4, 0.5) is 0 Å². The lowest BCUT2D eigenvalue weighted by molar-refractivity contribution is -0.143. The molecule has 0 aliphatic carbocycles. The van der Waals surface area contributed by atoms with E-state index in [2.05, 4.69) is 19.2 Å². The maximum atomic E-state index is 12.5. The fourth-order valence-electron chi connectivity index (χ4n) is 11.2. The Balaban J connectivity index is 3.30. The van der Waals surface area contributed by atoms with Gasteiger partial charge in [-0.3, -0.25) is 9.59 Å². The second-order valence-corrected chi connectivity index (χ2v) is 23.9. The minimum absolute atomic E-state index is 0.0218. The molecule has 0 aliphatic heterocycles. The number of aliphatic hydroxyl groups excluding tert-OH is 2. The van der Waals surface area contributed by atoms with Crippen molar-refractivity contribution < 1.29 is 24.5 Å². The first kappa shape index (κ1) is 72.9. The molecule has 2 unspecified atom stereocenters. The number of aliphatic hydroxyl groups is 2. The molecular formula is C68H135NO5. The summed E-state index contributed by atoms with van der Waals surface area (Å²) < 4.78 is 5.48. The molecule has 0 spiro atoms. The molecule has 0 saturated carbocycles. The third-order valence-corrected chi connectivity index (χ3v) is 16.4. The monoisotopic (exact) mass is 1050 g/mol. The standard InChI is InChI=1S/C68H135NO5/c1-3-5-7-9-11-13-15-16-37-41-44-48-52-56-60-66(71)65(64-70)69-67(72)61-57-53-49-45-42-38-35-33-31-29-27-25-23-21-19-17-18-20-22-24-26-28-30-32-34-36-39-43-47-51-55-59-63-74-68(73)62-58-54-50-46-40-14-12-10-8-6-4-2/h65-66,70-71H,3-64H2,1-2H3,(H,69,72). The molecule has 6 nitrogen and oxygen atoms in total. The molecular weight excluding hydrogens is 911 g/mol. The van der Waals surface area contributed by atoms with Crippen molar-refractivity contribution in [1.29, 1.82) is 0 Å². The van der Waals surface area contributed by atoms with Crippen LogP contribution in [0.3, 0.4) is 0 Å². The summed E-state index contributed by atoms with van der Waals surface area (Å²) in [7, 11) is 0. The number of unbranched alkanes of at least 4 members (excludes halogenated alkanes) is 54. The van der Waals surface area contributed by atoms with Crippen LogP contribution in [0.15, 0.2) is 0 Å². The van der Waals surface area contributed by atoms with Crippen LogP contribution in [0.2, 0.25) is 0 Å². The van der Waals surface area contributed by atoms with Crippen LogP contribution in [0, 0.1) is 0 Å². The SMILES string of the molecule is CCCCCCCCCCCCCCCCC(O)C(CO)NC(=O)CCCCCCCCCCCCCCCCCCCCCCCCCCCCCCCCCCOC(=O)CCCCCCCCCCCCC. The molecule has 74 heavy (non-hydrogen) atoms. The number of nitrogens with one attached hydrogen (secondary N) is 1. The van der Waals surface area contributed by atoms with Crippen molar-refractivity contribution in [3.63, 3.8) is 0 Å². The molecule has 0 aromatic rings. The summed E-state index contributed by atoms with van der Waals surface area (Å²) in [5, 5.41) is 23.3. The van der Waals surface area contributed by atoms with E-state index in [0.717, 1.165) is 38.5 Å². The molecule has 1 amide bonds. The van der Waals surface area contributed by atoms with Gasteiger partial charge in [-0.2, -0.15) is 0 Å². The maximum absolute atomic E-state index is 12.5. The van der Waals surface area contributed by atoms with E-state index in [1.807, 2.05) is 0 Å². The smallest absolute Gasteiger partial charge is 0.305 e. The molecule has 0 rings (SSSR count). The average Bonchev–Trinajstić information content (AvgIpc) is 3.40. The summed E-state index contributed by atoms with van der Waals surface area (Å²) in [5.74, 6) is -0.00542. The van der Waals surface area contributed by atoms with Gasteiger partial charge in [0.15, 0.2) is 0 Å². The van der Waals surface area contributed by atoms with Gasteiger partial charge in [-0.15, -0.1) is 0 Å². The van der Waals surface area contributed by atoms with Crippen molar-refractivity contribution in [2.45, 2.75) is 411 Å². The number of carbonyl (C=O) groups excluding carboxylic acids is 2. The van der Waals surface area contributed by atoms with Crippen LogP contribution in [0.1, 0.15) is 399 Å². The number of rotatable bonds is 65. The summed E-state index contributed by atoms with van der Waals surface area (Å²) in [6.45, 7) is 4.99. The zero-order valence-corrected chi connectivity index (χ0v) is 50.6. The van der Waals surface area contributed by atoms with E-state index < -0.39 is 12.1 Å². The second-order valence-electron chi connectivity index (χ2n) is 23.9. The van der Waals surface area contributed by atoms with Gasteiger partial charge in [-0.05, 0) is 25.7 Å². The first-order valence-corrected chi connectivity index (χ1v) is 34.3. The zero-order chi connectivity index (χ0) is 53.6. The Kier molecular flexibility index (Phi) is 63.4. The van der Waals surface area contributed by atoms with Gasteiger partial charge in [-0.1, -0.05) is 361 Å². The van der Waals surface area contributed by atoms with Crippen molar-refractivity contribution in [3.05, 3.63) is 0 Å². The molecule has 6 heteroatoms. The number of carbonyl (C=O) groups is 2. The Labute approximate surface area is 464 Å². The molecule has 0 radical (unpaired) electrons. The lowest BCUT2D eigenvalue weighted by Crippen LogP contribution is -2.45. The fourth-order valence-corrected chi connectivity index (χ4v) is 11.2. The number of ether oxygens (including phenoxy) is 1. The third-order valence-electron chi connectivity index (χ3n) is 16.4. The van der Waals surface area contributed by atoms with E-state index in [0.29, 0.717) is 25.9 Å². The predicted octanol–water partition coefficient (Wildman–Crippen LogP) is 21.8. The lowest BCUT2D eigenvalue weighted by Gasteiger charge is -2.22. The van der Waals surface area contributed by atoms with Crippen LogP contribution >= 0.6 is 0 Å². The first-order chi connectivity index (χ1) is 36.5. The minimum Gasteiger partial charge on any atom is -0.466 e. The molecule has 0 bridgehead atoms. The Morgan fingerprint density at radius 2 is 0.554 bits per heavy atom. The molecule has 3 N–H and O–H groups in total. The van der Waals surface area contributed by atoms with Crippen molar-refractivity contribution in [2.75, 3.05) is 13.2 Å². The number of esters is 1. The quantitative estimate of drug-likeness (QED) is 0.0417. The summed E-state index contributed by atoms with van der Waals surface area (Å²) in [4.78, 5) is 24.5. The van der Waals surface area contributed by atoms with E-state index in [-0.39, 0.29) is 18.5 Å². The molecule has 0 saturated heterocycles. The Morgan fingerprint density at radius 1 is 0.324 bits per heavy atom. The largest absolute Gasteiger partial charge is 0.466 e. The summed E-state index contributed by atoms with van der Waals surface area (Å²) in [5.41, 5.74) is 0. The van der Waals surface area contributed by atoms with Crippen LogP contribution in [-0.2, 0) is 14.3 Å². The molecule has 0 aliphatic rings. The van der Waals surface area contributed by atoms with E-state index >= 15 is 0 Å². The normalized spacial score (nSPS) is 12.4. The van der Waals surface area contributed by atoms with Crippen molar-refractivity contribution in [1.82, 2.24) is 5.32 Å². The highest BCUT2D eigenvalue weighted by Crippen LogP contribution is 2.19. The minimum atomic E-state index is -0.659. The summed E-state index contributed by atoms with van der Waals surface area (Å²) >= 11 is 0. The highest BCUT2D eigenvalue weighted by atomic mass is 16.5.